The topological polar surface area (TPSA) is 45.4 Å². The van der Waals surface area contributed by atoms with Crippen molar-refractivity contribution in [1.82, 2.24) is 9.88 Å². The summed E-state index contributed by atoms with van der Waals surface area (Å²) in [7, 11) is 4.25. The molecule has 0 radical (unpaired) electrons. The van der Waals surface area contributed by atoms with Gasteiger partial charge in [-0.2, -0.15) is 0 Å². The number of hydrogen-bond donors (Lipinski definition) is 1. The number of aromatic nitrogens is 1. The van der Waals surface area contributed by atoms with Gasteiger partial charge in [-0.25, -0.2) is 4.98 Å². The van der Waals surface area contributed by atoms with Gasteiger partial charge in [0.2, 0.25) is 0 Å². The number of likely N-dealkylation sites (N-methyl/N-ethyl adjacent to an activating group) is 1. The largest absolute Gasteiger partial charge is 0.352 e. The summed E-state index contributed by atoms with van der Waals surface area (Å²) in [6.07, 6.45) is 4.35. The molecule has 4 heteroatoms. The van der Waals surface area contributed by atoms with Crippen LogP contribution in [0.15, 0.2) is 18.3 Å². The van der Waals surface area contributed by atoms with Crippen LogP contribution in [-0.4, -0.2) is 43.1 Å². The summed E-state index contributed by atoms with van der Waals surface area (Å²) >= 11 is 0. The highest BCUT2D eigenvalue weighted by atomic mass is 15.3. The van der Waals surface area contributed by atoms with Crippen molar-refractivity contribution in [2.45, 2.75) is 31.8 Å². The predicted molar refractivity (Wildman–Crippen MR) is 75.8 cm³/mol. The third-order valence-electron chi connectivity index (χ3n) is 3.53. The molecule has 0 spiro atoms. The van der Waals surface area contributed by atoms with Crippen molar-refractivity contribution in [3.63, 3.8) is 0 Å². The van der Waals surface area contributed by atoms with E-state index >= 15 is 0 Å². The van der Waals surface area contributed by atoms with E-state index in [-0.39, 0.29) is 6.04 Å². The standard InChI is InChI=1S/C14H24N4/c1-11(15)13-7-4-8-16-14(13)18-9-5-6-12(18)10-17(2)3/h4,7-8,11-12H,5-6,9-10,15H2,1-3H3/t11-,12?/m1/s1. The van der Waals surface area contributed by atoms with Crippen LogP contribution in [0.2, 0.25) is 0 Å². The predicted octanol–water partition coefficient (Wildman–Crippen LogP) is 1.63. The molecule has 2 atom stereocenters. The van der Waals surface area contributed by atoms with E-state index in [1.54, 1.807) is 0 Å². The number of hydrogen-bond acceptors (Lipinski definition) is 4. The Labute approximate surface area is 110 Å². The first-order valence-electron chi connectivity index (χ1n) is 6.71. The zero-order valence-corrected chi connectivity index (χ0v) is 11.6. The third kappa shape index (κ3) is 2.82. The Hall–Kier alpha value is -1.13. The first-order valence-corrected chi connectivity index (χ1v) is 6.71. The molecule has 0 amide bonds. The lowest BCUT2D eigenvalue weighted by atomic mass is 10.1. The minimum atomic E-state index is 0.0364. The van der Waals surface area contributed by atoms with Gasteiger partial charge in [-0.15, -0.1) is 0 Å². The average Bonchev–Trinajstić information content (AvgIpc) is 2.76. The highest BCUT2D eigenvalue weighted by molar-refractivity contribution is 5.50. The summed E-state index contributed by atoms with van der Waals surface area (Å²) in [6.45, 7) is 4.20. The lowest BCUT2D eigenvalue weighted by Gasteiger charge is -2.30. The van der Waals surface area contributed by atoms with Crippen LogP contribution in [0.1, 0.15) is 31.4 Å². The molecule has 0 aromatic carbocycles. The maximum absolute atomic E-state index is 6.05. The monoisotopic (exact) mass is 248 g/mol. The molecule has 2 rings (SSSR count). The van der Waals surface area contributed by atoms with Crippen molar-refractivity contribution in [2.24, 2.45) is 5.73 Å². The van der Waals surface area contributed by atoms with E-state index in [9.17, 15) is 0 Å². The zero-order chi connectivity index (χ0) is 13.1. The quantitative estimate of drug-likeness (QED) is 0.879. The summed E-state index contributed by atoms with van der Waals surface area (Å²) < 4.78 is 0. The van der Waals surface area contributed by atoms with Crippen LogP contribution in [-0.2, 0) is 0 Å². The SMILES string of the molecule is C[C@@H](N)c1cccnc1N1CCCC1CN(C)C. The fraction of sp³-hybridized carbons (Fsp3) is 0.643. The van der Waals surface area contributed by atoms with E-state index in [1.807, 2.05) is 19.2 Å². The van der Waals surface area contributed by atoms with Gasteiger partial charge in [-0.3, -0.25) is 0 Å². The number of rotatable bonds is 4. The number of pyridine rings is 1. The minimum absolute atomic E-state index is 0.0364. The maximum Gasteiger partial charge on any atom is 0.133 e. The van der Waals surface area contributed by atoms with Crippen LogP contribution in [0, 0.1) is 0 Å². The van der Waals surface area contributed by atoms with E-state index < -0.39 is 0 Å². The van der Waals surface area contributed by atoms with Crippen LogP contribution >= 0.6 is 0 Å². The van der Waals surface area contributed by atoms with Gasteiger partial charge in [-0.1, -0.05) is 6.07 Å². The molecule has 4 nitrogen and oxygen atoms in total. The van der Waals surface area contributed by atoms with E-state index in [0.29, 0.717) is 6.04 Å². The summed E-state index contributed by atoms with van der Waals surface area (Å²) in [5.74, 6) is 1.08. The molecule has 0 bridgehead atoms. The van der Waals surface area contributed by atoms with Crippen LogP contribution in [0.5, 0.6) is 0 Å². The average molecular weight is 248 g/mol. The molecule has 1 fully saturated rings. The molecule has 0 aliphatic carbocycles. The molecule has 1 aromatic heterocycles. The van der Waals surface area contributed by atoms with Crippen molar-refractivity contribution in [2.75, 3.05) is 32.1 Å². The molecule has 1 aliphatic rings. The Kier molecular flexibility index (Phi) is 4.19. The smallest absolute Gasteiger partial charge is 0.133 e. The van der Waals surface area contributed by atoms with Crippen LogP contribution in [0.25, 0.3) is 0 Å². The molecule has 1 unspecified atom stereocenters. The minimum Gasteiger partial charge on any atom is -0.352 e. The number of nitrogens with two attached hydrogens (primary N) is 1. The van der Waals surface area contributed by atoms with E-state index in [4.69, 9.17) is 5.73 Å². The molecular weight excluding hydrogens is 224 g/mol. The molecule has 1 aromatic rings. The summed E-state index contributed by atoms with van der Waals surface area (Å²) in [5.41, 5.74) is 7.21. The fourth-order valence-corrected chi connectivity index (χ4v) is 2.73. The molecule has 2 heterocycles. The van der Waals surface area contributed by atoms with E-state index in [1.165, 1.54) is 12.8 Å². The van der Waals surface area contributed by atoms with Gasteiger partial charge in [0.25, 0.3) is 0 Å². The number of anilines is 1. The van der Waals surface area contributed by atoms with Crippen molar-refractivity contribution in [3.8, 4) is 0 Å². The Balaban J connectivity index is 2.24. The first kappa shape index (κ1) is 13.3. The van der Waals surface area contributed by atoms with Gasteiger partial charge >= 0.3 is 0 Å². The van der Waals surface area contributed by atoms with Gasteiger partial charge < -0.3 is 15.5 Å². The molecule has 100 valence electrons. The van der Waals surface area contributed by atoms with Gasteiger partial charge in [0.15, 0.2) is 0 Å². The Morgan fingerprint density at radius 1 is 1.56 bits per heavy atom. The fourth-order valence-electron chi connectivity index (χ4n) is 2.73. The third-order valence-corrected chi connectivity index (χ3v) is 3.53. The molecule has 18 heavy (non-hydrogen) atoms. The van der Waals surface area contributed by atoms with Crippen molar-refractivity contribution < 1.29 is 0 Å². The van der Waals surface area contributed by atoms with Crippen molar-refractivity contribution in [1.29, 1.82) is 0 Å². The van der Waals surface area contributed by atoms with Crippen molar-refractivity contribution >= 4 is 5.82 Å². The lowest BCUT2D eigenvalue weighted by molar-refractivity contribution is 0.371. The second kappa shape index (κ2) is 5.67. The normalized spacial score (nSPS) is 21.6. The summed E-state index contributed by atoms with van der Waals surface area (Å²) in [5, 5.41) is 0. The Morgan fingerprint density at radius 2 is 2.33 bits per heavy atom. The van der Waals surface area contributed by atoms with Gasteiger partial charge in [0.05, 0.1) is 0 Å². The number of nitrogens with zero attached hydrogens (tertiary/aromatic N) is 3. The Morgan fingerprint density at radius 3 is 3.00 bits per heavy atom. The maximum atomic E-state index is 6.05. The van der Waals surface area contributed by atoms with Crippen LogP contribution in [0.4, 0.5) is 5.82 Å². The highest BCUT2D eigenvalue weighted by Gasteiger charge is 2.28. The molecule has 0 saturated carbocycles. The second-order valence-electron chi connectivity index (χ2n) is 5.46. The lowest BCUT2D eigenvalue weighted by Crippen LogP contribution is -2.38. The van der Waals surface area contributed by atoms with E-state index in [0.717, 1.165) is 24.5 Å². The van der Waals surface area contributed by atoms with Crippen LogP contribution < -0.4 is 10.6 Å². The Bertz CT molecular complexity index is 389. The molecular formula is C14H24N4. The summed E-state index contributed by atoms with van der Waals surface area (Å²) in [6, 6.07) is 4.67. The van der Waals surface area contributed by atoms with Crippen molar-refractivity contribution in [3.05, 3.63) is 23.9 Å². The first-order chi connectivity index (χ1) is 8.59. The molecule has 1 aliphatic heterocycles. The second-order valence-corrected chi connectivity index (χ2v) is 5.46. The highest BCUT2D eigenvalue weighted by Crippen LogP contribution is 2.29. The zero-order valence-electron chi connectivity index (χ0n) is 11.6. The van der Waals surface area contributed by atoms with Gasteiger partial charge in [0, 0.05) is 36.9 Å². The van der Waals surface area contributed by atoms with Crippen LogP contribution in [0.3, 0.4) is 0 Å². The van der Waals surface area contributed by atoms with Gasteiger partial charge in [0.1, 0.15) is 5.82 Å². The molecule has 1 saturated heterocycles. The summed E-state index contributed by atoms with van der Waals surface area (Å²) in [4.78, 5) is 9.24. The van der Waals surface area contributed by atoms with Gasteiger partial charge in [-0.05, 0) is 39.9 Å². The van der Waals surface area contributed by atoms with E-state index in [2.05, 4.69) is 34.9 Å². The molecule has 2 N–H and O–H groups in total.